The topological polar surface area (TPSA) is 87.2 Å². The highest BCUT2D eigenvalue weighted by Gasteiger charge is 2.63. The number of benzene rings is 2. The van der Waals surface area contributed by atoms with Crippen LogP contribution >= 0.6 is 0 Å². The molecule has 17 heteroatoms. The lowest BCUT2D eigenvalue weighted by atomic mass is 9.78. The smallest absolute Gasteiger partial charge is 0.416 e. The molecule has 43 heavy (non-hydrogen) atoms. The first-order valence-electron chi connectivity index (χ1n) is 12.8. The number of aromatic amines is 1. The standard InChI is InChI=1S/C26H25F9N6O2/c1-4-23(26(33,34)35)12-20(18-7-5-6-8-19(18)41(23)22(42)43-14(2)3)40(21-36-38-39-37-21)13-15-9-16(24(27,28)29)11-17(10-15)25(30,31)32/h5-11,14,20H,4,12-13H2,1-3H3,(H,36,37,38,39)/t20-,23+/m0/s1. The summed E-state index contributed by atoms with van der Waals surface area (Å²) in [5.74, 6) is -0.392. The fraction of sp³-hybridized carbons (Fsp3) is 0.462. The van der Waals surface area contributed by atoms with Gasteiger partial charge >= 0.3 is 24.6 Å². The van der Waals surface area contributed by atoms with Crippen LogP contribution in [0.2, 0.25) is 0 Å². The first-order valence-corrected chi connectivity index (χ1v) is 12.8. The van der Waals surface area contributed by atoms with Gasteiger partial charge in [-0.1, -0.05) is 30.2 Å². The molecule has 0 bridgehead atoms. The average molecular weight is 625 g/mol. The van der Waals surface area contributed by atoms with Crippen molar-refractivity contribution in [1.82, 2.24) is 20.6 Å². The number of tetrazole rings is 1. The van der Waals surface area contributed by atoms with Crippen LogP contribution in [0.25, 0.3) is 0 Å². The summed E-state index contributed by atoms with van der Waals surface area (Å²) < 4.78 is 132. The highest BCUT2D eigenvalue weighted by molar-refractivity contribution is 5.92. The minimum absolute atomic E-state index is 0.0535. The molecule has 1 amide bonds. The third-order valence-electron chi connectivity index (χ3n) is 7.10. The molecule has 1 aliphatic heterocycles. The number of ether oxygens (including phenoxy) is 1. The van der Waals surface area contributed by atoms with Crippen molar-refractivity contribution >= 4 is 17.7 Å². The minimum Gasteiger partial charge on any atom is -0.446 e. The van der Waals surface area contributed by atoms with Crippen LogP contribution in [-0.4, -0.2) is 44.5 Å². The molecule has 2 atom stereocenters. The second kappa shape index (κ2) is 11.2. The molecule has 1 N–H and O–H groups in total. The summed E-state index contributed by atoms with van der Waals surface area (Å²) >= 11 is 0. The van der Waals surface area contributed by atoms with Gasteiger partial charge in [0.25, 0.3) is 5.95 Å². The van der Waals surface area contributed by atoms with E-state index in [1.165, 1.54) is 45.0 Å². The highest BCUT2D eigenvalue weighted by Crippen LogP contribution is 2.54. The number of rotatable bonds is 6. The van der Waals surface area contributed by atoms with Gasteiger partial charge in [-0.3, -0.25) is 4.90 Å². The molecule has 2 heterocycles. The predicted octanol–water partition coefficient (Wildman–Crippen LogP) is 7.45. The van der Waals surface area contributed by atoms with Crippen molar-refractivity contribution in [2.45, 2.75) is 76.4 Å². The van der Waals surface area contributed by atoms with E-state index in [-0.39, 0.29) is 17.3 Å². The quantitative estimate of drug-likeness (QED) is 0.287. The van der Waals surface area contributed by atoms with E-state index in [0.29, 0.717) is 17.0 Å². The SMILES string of the molecule is CC[C@]1(C(F)(F)F)C[C@H](N(Cc2cc(C(F)(F)F)cc(C(F)(F)F)c2)c2nn[nH]n2)c2ccccc2N1C(=O)OC(C)C. The molecule has 2 aromatic carbocycles. The molecule has 8 nitrogen and oxygen atoms in total. The molecule has 3 aromatic rings. The molecule has 0 saturated carbocycles. The Balaban J connectivity index is 1.94. The number of hydrogen-bond donors (Lipinski definition) is 1. The van der Waals surface area contributed by atoms with E-state index in [9.17, 15) is 31.1 Å². The third kappa shape index (κ3) is 6.20. The van der Waals surface area contributed by atoms with Crippen molar-refractivity contribution < 1.29 is 49.0 Å². The van der Waals surface area contributed by atoms with Crippen LogP contribution in [0.1, 0.15) is 61.9 Å². The second-order valence-electron chi connectivity index (χ2n) is 10.2. The van der Waals surface area contributed by atoms with Crippen molar-refractivity contribution in [3.63, 3.8) is 0 Å². The van der Waals surface area contributed by atoms with Crippen LogP contribution in [0.5, 0.6) is 0 Å². The number of aromatic nitrogens is 4. The average Bonchev–Trinajstić information content (AvgIpc) is 3.43. The molecule has 234 valence electrons. The summed E-state index contributed by atoms with van der Waals surface area (Å²) in [6.45, 7) is 3.34. The fourth-order valence-electron chi connectivity index (χ4n) is 5.18. The Hall–Kier alpha value is -4.05. The van der Waals surface area contributed by atoms with Gasteiger partial charge < -0.3 is 9.64 Å². The van der Waals surface area contributed by atoms with Gasteiger partial charge in [-0.25, -0.2) is 4.79 Å². The summed E-state index contributed by atoms with van der Waals surface area (Å²) in [7, 11) is 0. The fourth-order valence-corrected chi connectivity index (χ4v) is 5.18. The van der Waals surface area contributed by atoms with E-state index in [4.69, 9.17) is 4.74 Å². The predicted molar refractivity (Wildman–Crippen MR) is 134 cm³/mol. The van der Waals surface area contributed by atoms with Gasteiger partial charge in [0.05, 0.1) is 29.0 Å². The van der Waals surface area contributed by atoms with E-state index < -0.39 is 84.3 Å². The molecule has 0 unspecified atom stereocenters. The van der Waals surface area contributed by atoms with Gasteiger partial charge in [-0.2, -0.15) is 44.7 Å². The Labute approximate surface area is 238 Å². The van der Waals surface area contributed by atoms with Gasteiger partial charge in [-0.15, -0.1) is 5.10 Å². The first-order chi connectivity index (χ1) is 19.9. The number of nitrogens with one attached hydrogen (secondary N) is 1. The number of fused-ring (bicyclic) bond motifs is 1. The summed E-state index contributed by atoms with van der Waals surface area (Å²) in [5, 5.41) is 13.1. The number of para-hydroxylation sites is 1. The number of amides is 1. The molecular formula is C26H25F9N6O2. The third-order valence-corrected chi connectivity index (χ3v) is 7.10. The lowest BCUT2D eigenvalue weighted by Crippen LogP contribution is -2.65. The summed E-state index contributed by atoms with van der Waals surface area (Å²) in [6, 6.07) is 4.98. The monoisotopic (exact) mass is 624 g/mol. The van der Waals surface area contributed by atoms with Crippen molar-refractivity contribution in [3.8, 4) is 0 Å². The van der Waals surface area contributed by atoms with E-state index >= 15 is 13.2 Å². The molecule has 0 saturated heterocycles. The number of nitrogens with zero attached hydrogens (tertiary/aromatic N) is 5. The molecule has 0 aliphatic carbocycles. The van der Waals surface area contributed by atoms with E-state index in [2.05, 4.69) is 20.6 Å². The Bertz CT molecular complexity index is 1410. The Morgan fingerprint density at radius 2 is 1.65 bits per heavy atom. The normalized spacial score (nSPS) is 19.4. The minimum atomic E-state index is -5.16. The molecule has 0 radical (unpaired) electrons. The van der Waals surface area contributed by atoms with Crippen LogP contribution in [0, 0.1) is 0 Å². The summed E-state index contributed by atoms with van der Waals surface area (Å²) in [5.41, 5.74) is -6.74. The summed E-state index contributed by atoms with van der Waals surface area (Å²) in [4.78, 5) is 14.7. The Kier molecular flexibility index (Phi) is 8.32. The largest absolute Gasteiger partial charge is 0.446 e. The van der Waals surface area contributed by atoms with Crippen LogP contribution < -0.4 is 9.80 Å². The zero-order valence-electron chi connectivity index (χ0n) is 22.8. The van der Waals surface area contributed by atoms with E-state index in [0.717, 1.165) is 4.90 Å². The van der Waals surface area contributed by atoms with Gasteiger partial charge in [0.1, 0.15) is 5.54 Å². The number of halogens is 9. The number of anilines is 2. The van der Waals surface area contributed by atoms with Crippen LogP contribution in [0.4, 0.5) is 55.9 Å². The first kappa shape index (κ1) is 31.9. The second-order valence-corrected chi connectivity index (χ2v) is 10.2. The number of alkyl halides is 9. The molecule has 0 spiro atoms. The molecule has 1 aromatic heterocycles. The number of hydrogen-bond acceptors (Lipinski definition) is 6. The number of carbonyl (C=O) groups is 1. The maximum absolute atomic E-state index is 15.0. The highest BCUT2D eigenvalue weighted by atomic mass is 19.4. The maximum atomic E-state index is 15.0. The maximum Gasteiger partial charge on any atom is 0.416 e. The van der Waals surface area contributed by atoms with Gasteiger partial charge in [0.15, 0.2) is 0 Å². The summed E-state index contributed by atoms with van der Waals surface area (Å²) in [6.07, 6.45) is -19.0. The van der Waals surface area contributed by atoms with Gasteiger partial charge in [0, 0.05) is 13.0 Å². The van der Waals surface area contributed by atoms with Crippen LogP contribution in [0.3, 0.4) is 0 Å². The lowest BCUT2D eigenvalue weighted by Gasteiger charge is -2.51. The van der Waals surface area contributed by atoms with Crippen LogP contribution in [0.15, 0.2) is 42.5 Å². The van der Waals surface area contributed by atoms with E-state index in [1.807, 2.05) is 0 Å². The van der Waals surface area contributed by atoms with Crippen molar-refractivity contribution in [3.05, 3.63) is 64.7 Å². The molecule has 1 aliphatic rings. The Morgan fingerprint density at radius 3 is 2.14 bits per heavy atom. The van der Waals surface area contributed by atoms with E-state index in [1.54, 1.807) is 0 Å². The molecular weight excluding hydrogens is 599 g/mol. The Morgan fingerprint density at radius 1 is 1.05 bits per heavy atom. The van der Waals surface area contributed by atoms with Gasteiger partial charge in [0.2, 0.25) is 0 Å². The van der Waals surface area contributed by atoms with Gasteiger partial charge in [-0.05, 0) is 60.9 Å². The number of H-pyrrole nitrogens is 1. The zero-order valence-corrected chi connectivity index (χ0v) is 22.8. The zero-order chi connectivity index (χ0) is 32.0. The lowest BCUT2D eigenvalue weighted by molar-refractivity contribution is -0.191. The van der Waals surface area contributed by atoms with Crippen molar-refractivity contribution in [2.75, 3.05) is 9.80 Å². The molecule has 0 fully saturated rings. The van der Waals surface area contributed by atoms with Crippen molar-refractivity contribution in [2.24, 2.45) is 0 Å². The van der Waals surface area contributed by atoms with Crippen molar-refractivity contribution in [1.29, 1.82) is 0 Å². The van der Waals surface area contributed by atoms with Crippen LogP contribution in [-0.2, 0) is 23.6 Å². The number of carbonyl (C=O) groups excluding carboxylic acids is 1. The molecule has 4 rings (SSSR count).